The summed E-state index contributed by atoms with van der Waals surface area (Å²) in [7, 11) is 0. The molecule has 1 fully saturated rings. The molecular formula is C10H17ClN2O2. The Bertz CT molecular complexity index is 279. The SMILES string of the molecule is CC(CCl)C(=O)N1CCNC(=O)C1(C)C. The lowest BCUT2D eigenvalue weighted by molar-refractivity contribution is -0.151. The molecule has 0 aliphatic carbocycles. The summed E-state index contributed by atoms with van der Waals surface area (Å²) in [5.41, 5.74) is -0.768. The average Bonchev–Trinajstić information content (AvgIpc) is 2.20. The van der Waals surface area contributed by atoms with Gasteiger partial charge in [-0.1, -0.05) is 6.92 Å². The molecule has 4 nitrogen and oxygen atoms in total. The number of nitrogens with zero attached hydrogens (tertiary/aromatic N) is 1. The van der Waals surface area contributed by atoms with E-state index >= 15 is 0 Å². The summed E-state index contributed by atoms with van der Waals surface area (Å²) in [6, 6.07) is 0. The summed E-state index contributed by atoms with van der Waals surface area (Å²) in [5, 5.41) is 2.75. The zero-order chi connectivity index (χ0) is 11.6. The monoisotopic (exact) mass is 232 g/mol. The highest BCUT2D eigenvalue weighted by Crippen LogP contribution is 2.20. The number of hydrogen-bond donors (Lipinski definition) is 1. The van der Waals surface area contributed by atoms with E-state index in [1.807, 2.05) is 0 Å². The van der Waals surface area contributed by atoms with Crippen LogP contribution in [0.15, 0.2) is 0 Å². The second kappa shape index (κ2) is 4.39. The lowest BCUT2D eigenvalue weighted by Crippen LogP contribution is -2.64. The summed E-state index contributed by atoms with van der Waals surface area (Å²) < 4.78 is 0. The van der Waals surface area contributed by atoms with Crippen molar-refractivity contribution in [2.45, 2.75) is 26.3 Å². The molecule has 1 saturated heterocycles. The van der Waals surface area contributed by atoms with Crippen LogP contribution in [0.5, 0.6) is 0 Å². The first-order chi connectivity index (χ1) is 6.91. The Balaban J connectivity index is 2.84. The molecule has 1 unspecified atom stereocenters. The summed E-state index contributed by atoms with van der Waals surface area (Å²) in [6.45, 7) is 6.35. The van der Waals surface area contributed by atoms with Gasteiger partial charge in [0.25, 0.3) is 0 Å². The van der Waals surface area contributed by atoms with Crippen molar-refractivity contribution < 1.29 is 9.59 Å². The van der Waals surface area contributed by atoms with Crippen molar-refractivity contribution in [1.82, 2.24) is 10.2 Å². The molecule has 0 saturated carbocycles. The normalized spacial score (nSPS) is 22.1. The number of rotatable bonds is 2. The lowest BCUT2D eigenvalue weighted by atomic mass is 9.97. The van der Waals surface area contributed by atoms with Crippen molar-refractivity contribution >= 4 is 23.4 Å². The number of hydrogen-bond acceptors (Lipinski definition) is 2. The van der Waals surface area contributed by atoms with E-state index in [0.29, 0.717) is 13.1 Å². The molecule has 2 amide bonds. The van der Waals surface area contributed by atoms with Gasteiger partial charge in [0.2, 0.25) is 11.8 Å². The summed E-state index contributed by atoms with van der Waals surface area (Å²) in [5.74, 6) is -0.113. The van der Waals surface area contributed by atoms with Gasteiger partial charge < -0.3 is 10.2 Å². The zero-order valence-electron chi connectivity index (χ0n) is 9.34. The molecule has 1 N–H and O–H groups in total. The van der Waals surface area contributed by atoms with E-state index in [1.54, 1.807) is 25.7 Å². The highest BCUT2D eigenvalue weighted by atomic mass is 35.5. The van der Waals surface area contributed by atoms with Crippen molar-refractivity contribution in [2.24, 2.45) is 5.92 Å². The minimum atomic E-state index is -0.768. The van der Waals surface area contributed by atoms with E-state index in [9.17, 15) is 9.59 Å². The Morgan fingerprint density at radius 3 is 2.80 bits per heavy atom. The Kier molecular flexibility index (Phi) is 3.60. The van der Waals surface area contributed by atoms with Crippen molar-refractivity contribution in [2.75, 3.05) is 19.0 Å². The van der Waals surface area contributed by atoms with Gasteiger partial charge in [0.1, 0.15) is 5.54 Å². The molecule has 1 aliphatic heterocycles. The average molecular weight is 233 g/mol. The molecule has 0 radical (unpaired) electrons. The van der Waals surface area contributed by atoms with Crippen LogP contribution in [0.1, 0.15) is 20.8 Å². The summed E-state index contributed by atoms with van der Waals surface area (Å²) >= 11 is 5.65. The Labute approximate surface area is 95.0 Å². The molecule has 0 aromatic rings. The third-order valence-corrected chi connectivity index (χ3v) is 3.23. The minimum absolute atomic E-state index is 0.0511. The van der Waals surface area contributed by atoms with E-state index in [-0.39, 0.29) is 23.6 Å². The molecule has 0 bridgehead atoms. The van der Waals surface area contributed by atoms with E-state index in [0.717, 1.165) is 0 Å². The van der Waals surface area contributed by atoms with Gasteiger partial charge >= 0.3 is 0 Å². The first-order valence-corrected chi connectivity index (χ1v) is 5.60. The molecule has 1 rings (SSSR count). The quantitative estimate of drug-likeness (QED) is 0.709. The molecule has 86 valence electrons. The zero-order valence-corrected chi connectivity index (χ0v) is 10.1. The number of nitrogens with one attached hydrogen (secondary N) is 1. The highest BCUT2D eigenvalue weighted by molar-refractivity contribution is 6.19. The van der Waals surface area contributed by atoms with E-state index in [1.165, 1.54) is 0 Å². The number of halogens is 1. The first-order valence-electron chi connectivity index (χ1n) is 5.07. The van der Waals surface area contributed by atoms with Gasteiger partial charge in [-0.2, -0.15) is 0 Å². The second-order valence-electron chi connectivity index (χ2n) is 4.36. The number of amides is 2. The molecule has 0 spiro atoms. The van der Waals surface area contributed by atoms with Crippen molar-refractivity contribution in [3.8, 4) is 0 Å². The third kappa shape index (κ3) is 2.25. The van der Waals surface area contributed by atoms with Gasteiger partial charge in [0.15, 0.2) is 0 Å². The standard InChI is InChI=1S/C10H17ClN2O2/c1-7(6-11)8(14)13-5-4-12-9(15)10(13,2)3/h7H,4-6H2,1-3H3,(H,12,15). The minimum Gasteiger partial charge on any atom is -0.352 e. The van der Waals surface area contributed by atoms with Gasteiger partial charge in [0.05, 0.1) is 0 Å². The van der Waals surface area contributed by atoms with Crippen LogP contribution in [-0.4, -0.2) is 41.2 Å². The fourth-order valence-corrected chi connectivity index (χ4v) is 1.75. The van der Waals surface area contributed by atoms with Gasteiger partial charge in [-0.05, 0) is 13.8 Å². The molecule has 0 aromatic carbocycles. The molecule has 1 heterocycles. The van der Waals surface area contributed by atoms with Gasteiger partial charge in [-0.3, -0.25) is 9.59 Å². The van der Waals surface area contributed by atoms with E-state index in [2.05, 4.69) is 5.32 Å². The second-order valence-corrected chi connectivity index (χ2v) is 4.67. The fraction of sp³-hybridized carbons (Fsp3) is 0.800. The van der Waals surface area contributed by atoms with E-state index < -0.39 is 5.54 Å². The van der Waals surface area contributed by atoms with Gasteiger partial charge in [-0.25, -0.2) is 0 Å². The maximum Gasteiger partial charge on any atom is 0.245 e. The summed E-state index contributed by atoms with van der Waals surface area (Å²) in [6.07, 6.45) is 0. The first kappa shape index (κ1) is 12.3. The van der Waals surface area contributed by atoms with Crippen LogP contribution in [0.4, 0.5) is 0 Å². The van der Waals surface area contributed by atoms with Crippen molar-refractivity contribution in [3.63, 3.8) is 0 Å². The fourth-order valence-electron chi connectivity index (χ4n) is 1.62. The number of piperazine rings is 1. The number of carbonyl (C=O) groups is 2. The maximum absolute atomic E-state index is 12.0. The van der Waals surface area contributed by atoms with Crippen LogP contribution in [0, 0.1) is 5.92 Å². The molecule has 0 aromatic heterocycles. The highest BCUT2D eigenvalue weighted by Gasteiger charge is 2.41. The summed E-state index contributed by atoms with van der Waals surface area (Å²) in [4.78, 5) is 25.2. The van der Waals surface area contributed by atoms with Crippen molar-refractivity contribution in [3.05, 3.63) is 0 Å². The van der Waals surface area contributed by atoms with Crippen molar-refractivity contribution in [1.29, 1.82) is 0 Å². The third-order valence-electron chi connectivity index (χ3n) is 2.77. The maximum atomic E-state index is 12.0. The molecule has 15 heavy (non-hydrogen) atoms. The lowest BCUT2D eigenvalue weighted by Gasteiger charge is -2.42. The van der Waals surface area contributed by atoms with Crippen LogP contribution in [0.3, 0.4) is 0 Å². The predicted molar refractivity (Wildman–Crippen MR) is 58.7 cm³/mol. The smallest absolute Gasteiger partial charge is 0.245 e. The van der Waals surface area contributed by atoms with Gasteiger partial charge in [0, 0.05) is 24.9 Å². The van der Waals surface area contributed by atoms with Crippen LogP contribution >= 0.6 is 11.6 Å². The Morgan fingerprint density at radius 2 is 2.27 bits per heavy atom. The van der Waals surface area contributed by atoms with Crippen LogP contribution in [0.2, 0.25) is 0 Å². The van der Waals surface area contributed by atoms with E-state index in [4.69, 9.17) is 11.6 Å². The number of alkyl halides is 1. The molecule has 5 heteroatoms. The van der Waals surface area contributed by atoms with Crippen LogP contribution in [0.25, 0.3) is 0 Å². The largest absolute Gasteiger partial charge is 0.352 e. The molecule has 1 atom stereocenters. The predicted octanol–water partition coefficient (Wildman–Crippen LogP) is 0.598. The topological polar surface area (TPSA) is 49.4 Å². The molecule has 1 aliphatic rings. The Morgan fingerprint density at radius 1 is 1.67 bits per heavy atom. The van der Waals surface area contributed by atoms with Gasteiger partial charge in [-0.15, -0.1) is 11.6 Å². The number of carbonyl (C=O) groups excluding carboxylic acids is 2. The van der Waals surface area contributed by atoms with Crippen LogP contribution < -0.4 is 5.32 Å². The Hall–Kier alpha value is -0.770. The van der Waals surface area contributed by atoms with Crippen LogP contribution in [-0.2, 0) is 9.59 Å². The molecular weight excluding hydrogens is 216 g/mol.